The number of ether oxygens (including phenoxy) is 4. The van der Waals surface area contributed by atoms with E-state index in [1.807, 2.05) is 36.4 Å². The molecule has 3 aromatic carbocycles. The van der Waals surface area contributed by atoms with Crippen LogP contribution in [0.5, 0.6) is 23.0 Å². The second-order valence-corrected chi connectivity index (χ2v) is 7.86. The summed E-state index contributed by atoms with van der Waals surface area (Å²) in [5.41, 5.74) is 5.46. The number of hydrogen-bond donors (Lipinski definition) is 2. The van der Waals surface area contributed by atoms with Crippen LogP contribution in [0.2, 0.25) is 0 Å². The minimum Gasteiger partial charge on any atom is -0.497 e. The molecule has 0 unspecified atom stereocenters. The molecule has 0 fully saturated rings. The van der Waals surface area contributed by atoms with Crippen LogP contribution < -0.4 is 18.9 Å². The molecule has 5 aromatic rings. The number of benzene rings is 3. The Morgan fingerprint density at radius 1 is 0.576 bits per heavy atom. The molecule has 0 aliphatic carbocycles. The Labute approximate surface area is 192 Å². The first-order chi connectivity index (χ1) is 16.2. The van der Waals surface area contributed by atoms with Crippen molar-refractivity contribution >= 4 is 21.8 Å². The van der Waals surface area contributed by atoms with Gasteiger partial charge in [0.15, 0.2) is 11.5 Å². The molecule has 0 spiro atoms. The minimum absolute atomic E-state index is 0.0773. The molecule has 0 aliphatic rings. The highest BCUT2D eigenvalue weighted by Crippen LogP contribution is 2.43. The largest absolute Gasteiger partial charge is 0.497 e. The van der Waals surface area contributed by atoms with Gasteiger partial charge < -0.3 is 28.9 Å². The van der Waals surface area contributed by atoms with Gasteiger partial charge in [-0.2, -0.15) is 0 Å². The molecule has 2 heterocycles. The van der Waals surface area contributed by atoms with Gasteiger partial charge in [-0.25, -0.2) is 0 Å². The van der Waals surface area contributed by atoms with Crippen LogP contribution in [0, 0.1) is 0 Å². The fourth-order valence-electron chi connectivity index (χ4n) is 4.53. The van der Waals surface area contributed by atoms with Gasteiger partial charge in [-0.1, -0.05) is 6.07 Å². The zero-order chi connectivity index (χ0) is 22.9. The van der Waals surface area contributed by atoms with Gasteiger partial charge in [0.05, 0.1) is 28.4 Å². The summed E-state index contributed by atoms with van der Waals surface area (Å²) < 4.78 is 22.1. The lowest BCUT2D eigenvalue weighted by molar-refractivity contribution is 0.354. The molecule has 168 valence electrons. The third-order valence-electron chi connectivity index (χ3n) is 6.20. The monoisotopic (exact) mass is 442 g/mol. The van der Waals surface area contributed by atoms with E-state index in [4.69, 9.17) is 18.9 Å². The minimum atomic E-state index is -0.0773. The number of H-pyrrole nitrogens is 2. The van der Waals surface area contributed by atoms with Crippen molar-refractivity contribution in [1.29, 1.82) is 0 Å². The summed E-state index contributed by atoms with van der Waals surface area (Å²) in [5, 5.41) is 2.21. The molecule has 2 N–H and O–H groups in total. The summed E-state index contributed by atoms with van der Waals surface area (Å²) >= 11 is 0. The van der Waals surface area contributed by atoms with E-state index in [-0.39, 0.29) is 5.92 Å². The molecule has 6 heteroatoms. The van der Waals surface area contributed by atoms with Crippen molar-refractivity contribution in [2.24, 2.45) is 0 Å². The van der Waals surface area contributed by atoms with Gasteiger partial charge in [-0.15, -0.1) is 0 Å². The lowest BCUT2D eigenvalue weighted by Gasteiger charge is -2.19. The lowest BCUT2D eigenvalue weighted by Crippen LogP contribution is -2.04. The van der Waals surface area contributed by atoms with Crippen LogP contribution in [0.3, 0.4) is 0 Å². The van der Waals surface area contributed by atoms with Crippen LogP contribution >= 0.6 is 0 Å². The molecule has 6 nitrogen and oxygen atoms in total. The normalized spacial score (nSPS) is 11.3. The first-order valence-electron chi connectivity index (χ1n) is 10.7. The van der Waals surface area contributed by atoms with Gasteiger partial charge in [0, 0.05) is 40.1 Å². The van der Waals surface area contributed by atoms with E-state index in [2.05, 4.69) is 40.6 Å². The first kappa shape index (κ1) is 20.8. The molecular weight excluding hydrogens is 416 g/mol. The standard InChI is InChI=1S/C27H26N2O4/c1-30-17-6-8-23-19(12-17)21(14-28-23)27(16-5-10-25(32-3)26(11-16)33-4)22-15-29-24-9-7-18(31-2)13-20(22)24/h5-15,27-29H,1-4H3. The van der Waals surface area contributed by atoms with Crippen molar-refractivity contribution in [3.05, 3.63) is 83.7 Å². The highest BCUT2D eigenvalue weighted by Gasteiger charge is 2.25. The molecule has 0 atom stereocenters. The van der Waals surface area contributed by atoms with Crippen LogP contribution in [-0.4, -0.2) is 38.4 Å². The molecule has 2 aromatic heterocycles. The number of nitrogens with one attached hydrogen (secondary N) is 2. The predicted molar refractivity (Wildman–Crippen MR) is 130 cm³/mol. The van der Waals surface area contributed by atoms with Crippen molar-refractivity contribution in [1.82, 2.24) is 9.97 Å². The van der Waals surface area contributed by atoms with Crippen LogP contribution in [-0.2, 0) is 0 Å². The molecule has 5 rings (SSSR count). The van der Waals surface area contributed by atoms with Gasteiger partial charge in [0.1, 0.15) is 11.5 Å². The van der Waals surface area contributed by atoms with Crippen LogP contribution in [0.4, 0.5) is 0 Å². The molecule has 0 aliphatic heterocycles. The molecule has 0 bridgehead atoms. The zero-order valence-electron chi connectivity index (χ0n) is 19.1. The van der Waals surface area contributed by atoms with Crippen LogP contribution in [0.1, 0.15) is 22.6 Å². The van der Waals surface area contributed by atoms with Gasteiger partial charge in [0.25, 0.3) is 0 Å². The average molecular weight is 443 g/mol. The summed E-state index contributed by atoms with van der Waals surface area (Å²) in [6.07, 6.45) is 4.15. The molecule has 0 saturated carbocycles. The van der Waals surface area contributed by atoms with E-state index in [1.54, 1.807) is 28.4 Å². The predicted octanol–water partition coefficient (Wildman–Crippen LogP) is 5.86. The number of aromatic amines is 2. The number of aromatic nitrogens is 2. The quantitative estimate of drug-likeness (QED) is 0.331. The summed E-state index contributed by atoms with van der Waals surface area (Å²) in [6.45, 7) is 0. The molecule has 0 radical (unpaired) electrons. The smallest absolute Gasteiger partial charge is 0.161 e. The maximum Gasteiger partial charge on any atom is 0.161 e. The van der Waals surface area contributed by atoms with Gasteiger partial charge in [0.2, 0.25) is 0 Å². The van der Waals surface area contributed by atoms with Gasteiger partial charge in [-0.05, 0) is 65.2 Å². The Morgan fingerprint density at radius 3 is 1.61 bits per heavy atom. The fraction of sp³-hybridized carbons (Fsp3) is 0.185. The second-order valence-electron chi connectivity index (χ2n) is 7.86. The summed E-state index contributed by atoms with van der Waals surface area (Å²) in [4.78, 5) is 6.85. The maximum atomic E-state index is 5.63. The van der Waals surface area contributed by atoms with Gasteiger partial charge >= 0.3 is 0 Å². The van der Waals surface area contributed by atoms with Crippen molar-refractivity contribution in [3.63, 3.8) is 0 Å². The van der Waals surface area contributed by atoms with E-state index in [0.717, 1.165) is 50.0 Å². The first-order valence-corrected chi connectivity index (χ1v) is 10.7. The van der Waals surface area contributed by atoms with E-state index < -0.39 is 0 Å². The van der Waals surface area contributed by atoms with Crippen molar-refractivity contribution < 1.29 is 18.9 Å². The molecule has 0 saturated heterocycles. The topological polar surface area (TPSA) is 68.5 Å². The third kappa shape index (κ3) is 3.53. The van der Waals surface area contributed by atoms with E-state index in [1.165, 1.54) is 0 Å². The summed E-state index contributed by atoms with van der Waals surface area (Å²) in [6, 6.07) is 18.2. The summed E-state index contributed by atoms with van der Waals surface area (Å²) in [7, 11) is 6.67. The Kier molecular flexibility index (Phi) is 5.34. The van der Waals surface area contributed by atoms with Gasteiger partial charge in [-0.3, -0.25) is 0 Å². The molecule has 33 heavy (non-hydrogen) atoms. The number of fused-ring (bicyclic) bond motifs is 2. The number of rotatable bonds is 7. The highest BCUT2D eigenvalue weighted by molar-refractivity contribution is 5.90. The number of hydrogen-bond acceptors (Lipinski definition) is 4. The molecule has 0 amide bonds. The van der Waals surface area contributed by atoms with Crippen molar-refractivity contribution in [2.45, 2.75) is 5.92 Å². The lowest BCUT2D eigenvalue weighted by atomic mass is 9.84. The van der Waals surface area contributed by atoms with E-state index in [0.29, 0.717) is 11.5 Å². The van der Waals surface area contributed by atoms with Crippen LogP contribution in [0.15, 0.2) is 67.0 Å². The fourth-order valence-corrected chi connectivity index (χ4v) is 4.53. The third-order valence-corrected chi connectivity index (χ3v) is 6.20. The van der Waals surface area contributed by atoms with E-state index >= 15 is 0 Å². The zero-order valence-corrected chi connectivity index (χ0v) is 19.1. The molecular formula is C27H26N2O4. The SMILES string of the molecule is COc1ccc2[nH]cc(C(c3ccc(OC)c(OC)c3)c3c[nH]c4ccc(OC)cc34)c2c1. The number of methoxy groups -OCH3 is 4. The second kappa shape index (κ2) is 8.47. The Balaban J connectivity index is 1.79. The summed E-state index contributed by atoms with van der Waals surface area (Å²) in [5.74, 6) is 2.94. The maximum absolute atomic E-state index is 5.63. The van der Waals surface area contributed by atoms with E-state index in [9.17, 15) is 0 Å². The Morgan fingerprint density at radius 2 is 1.12 bits per heavy atom. The Hall–Kier alpha value is -4.06. The van der Waals surface area contributed by atoms with Crippen molar-refractivity contribution in [2.75, 3.05) is 28.4 Å². The van der Waals surface area contributed by atoms with Crippen LogP contribution in [0.25, 0.3) is 21.8 Å². The highest BCUT2D eigenvalue weighted by atomic mass is 16.5. The average Bonchev–Trinajstić information content (AvgIpc) is 3.48. The van der Waals surface area contributed by atoms with Crippen molar-refractivity contribution in [3.8, 4) is 23.0 Å². The Bertz CT molecular complexity index is 1350.